The summed E-state index contributed by atoms with van der Waals surface area (Å²) in [6.07, 6.45) is 14.2. The largest absolute Gasteiger partial charge is 0.744 e. The van der Waals surface area contributed by atoms with Crippen LogP contribution in [0.2, 0.25) is 0 Å². The van der Waals surface area contributed by atoms with Crippen molar-refractivity contribution in [2.24, 2.45) is 12.0 Å². The van der Waals surface area contributed by atoms with Crippen LogP contribution >= 0.6 is 0 Å². The van der Waals surface area contributed by atoms with E-state index in [2.05, 4.69) is 24.8 Å². The number of pyridine rings is 1. The second kappa shape index (κ2) is 11.1. The van der Waals surface area contributed by atoms with Gasteiger partial charge in [0.2, 0.25) is 0 Å². The van der Waals surface area contributed by atoms with Crippen molar-refractivity contribution in [2.75, 3.05) is 11.4 Å². The first kappa shape index (κ1) is 29.4. The van der Waals surface area contributed by atoms with Crippen molar-refractivity contribution in [3.63, 3.8) is 0 Å². The fourth-order valence-electron chi connectivity index (χ4n) is 5.50. The third-order valence-electron chi connectivity index (χ3n) is 7.84. The third-order valence-corrected chi connectivity index (χ3v) is 8.67. The summed E-state index contributed by atoms with van der Waals surface area (Å²) in [5.74, 6) is 0.157. The highest BCUT2D eigenvalue weighted by Gasteiger charge is 2.42. The summed E-state index contributed by atoms with van der Waals surface area (Å²) < 4.78 is 37.2. The summed E-state index contributed by atoms with van der Waals surface area (Å²) in [5.41, 5.74) is 4.03. The molecule has 0 amide bonds. The number of benzene rings is 1. The zero-order valence-corrected chi connectivity index (χ0v) is 24.5. The number of hydrogen-bond donors (Lipinski definition) is 1. The summed E-state index contributed by atoms with van der Waals surface area (Å²) in [7, 11) is -2.59. The van der Waals surface area contributed by atoms with E-state index in [4.69, 9.17) is 10.1 Å². The Morgan fingerprint density at radius 3 is 2.48 bits per heavy atom. The molecule has 0 spiro atoms. The van der Waals surface area contributed by atoms with Crippen LogP contribution in [0.3, 0.4) is 0 Å². The molecule has 0 radical (unpaired) electrons. The highest BCUT2D eigenvalue weighted by Crippen LogP contribution is 2.48. The number of aliphatic carboxylic acids is 1. The molecule has 0 unspecified atom stereocenters. The van der Waals surface area contributed by atoms with Crippen LogP contribution in [0.5, 0.6) is 0 Å². The molecule has 9 heteroatoms. The molecule has 212 valence electrons. The second-order valence-electron chi connectivity index (χ2n) is 11.4. The Kier molecular flexibility index (Phi) is 8.19. The molecule has 1 N–H and O–H groups in total. The zero-order chi connectivity index (χ0) is 29.3. The van der Waals surface area contributed by atoms with E-state index in [1.165, 1.54) is 17.7 Å². The van der Waals surface area contributed by atoms with E-state index >= 15 is 0 Å². The summed E-state index contributed by atoms with van der Waals surface area (Å²) in [6.45, 7) is 9.00. The van der Waals surface area contributed by atoms with Gasteiger partial charge in [0.15, 0.2) is 5.71 Å². The van der Waals surface area contributed by atoms with Crippen molar-refractivity contribution < 1.29 is 27.4 Å². The van der Waals surface area contributed by atoms with Gasteiger partial charge in [-0.05, 0) is 79.7 Å². The molecule has 2 aliphatic heterocycles. The number of aryl methyl sites for hydroxylation is 1. The molecule has 0 atom stereocenters. The molecule has 0 saturated heterocycles. The number of hydrogen-bond acceptors (Lipinski definition) is 6. The number of carbonyl (C=O) groups is 1. The van der Waals surface area contributed by atoms with Gasteiger partial charge in [0, 0.05) is 29.8 Å². The number of allylic oxidation sites excluding steroid dienone is 6. The summed E-state index contributed by atoms with van der Waals surface area (Å²) in [6, 6.07) is 8.68. The number of nitrogens with zero attached hydrogens (tertiary/aromatic N) is 3. The number of aliphatic imine (C=N–C) groups is 1. The number of unbranched alkanes of at least 4 members (excludes halogenated alkanes) is 2. The third kappa shape index (κ3) is 5.81. The molecule has 1 aromatic carbocycles. The lowest BCUT2D eigenvalue weighted by atomic mass is 9.82. The first-order valence-electron chi connectivity index (χ1n) is 13.5. The van der Waals surface area contributed by atoms with Crippen molar-refractivity contribution in [1.29, 1.82) is 0 Å². The molecule has 0 saturated carbocycles. The average molecular weight is 564 g/mol. The molecule has 2 aliphatic rings. The Hall–Kier alpha value is -3.56. The maximum Gasteiger partial charge on any atom is 0.327 e. The van der Waals surface area contributed by atoms with Crippen molar-refractivity contribution in [1.82, 2.24) is 0 Å². The van der Waals surface area contributed by atoms with E-state index in [1.54, 1.807) is 6.07 Å². The fraction of sp³-hybridized carbons (Fsp3) is 0.387. The van der Waals surface area contributed by atoms with Crippen LogP contribution in [0.4, 0.5) is 11.5 Å². The van der Waals surface area contributed by atoms with E-state index in [0.717, 1.165) is 41.3 Å². The lowest BCUT2D eigenvalue weighted by Crippen LogP contribution is -2.30. The number of rotatable bonds is 10. The van der Waals surface area contributed by atoms with Gasteiger partial charge < -0.3 is 14.6 Å². The van der Waals surface area contributed by atoms with E-state index in [9.17, 15) is 17.8 Å². The molecule has 40 heavy (non-hydrogen) atoms. The predicted molar refractivity (Wildman–Crippen MR) is 155 cm³/mol. The topological polar surface area (TPSA) is 114 Å². The lowest BCUT2D eigenvalue weighted by molar-refractivity contribution is -0.658. The minimum atomic E-state index is -4.59. The molecular weight excluding hydrogens is 526 g/mol. The molecule has 8 nitrogen and oxygen atoms in total. The molecule has 3 heterocycles. The molecular formula is C31H37N3O5S. The molecule has 0 aliphatic carbocycles. The number of anilines is 1. The molecule has 0 fully saturated rings. The maximum absolute atomic E-state index is 11.7. The van der Waals surface area contributed by atoms with Gasteiger partial charge in [-0.15, -0.1) is 0 Å². The summed E-state index contributed by atoms with van der Waals surface area (Å²) >= 11 is 0. The number of carboxylic acid groups (broad SMARTS) is 1. The lowest BCUT2D eigenvalue weighted by Gasteiger charge is -2.27. The predicted octanol–water partition coefficient (Wildman–Crippen LogP) is 5.22. The molecule has 2 aromatic rings. The summed E-state index contributed by atoms with van der Waals surface area (Å²) in [4.78, 5) is 17.6. The first-order valence-corrected chi connectivity index (χ1v) is 14.9. The van der Waals surface area contributed by atoms with Gasteiger partial charge in [-0.25, -0.2) is 13.0 Å². The van der Waals surface area contributed by atoms with Crippen LogP contribution in [0.15, 0.2) is 82.5 Å². The minimum absolute atomic E-state index is 0.135. The maximum atomic E-state index is 11.7. The number of carboxylic acids is 1. The number of aromatic nitrogens is 1. The van der Waals surface area contributed by atoms with Crippen molar-refractivity contribution in [2.45, 2.75) is 69.1 Å². The van der Waals surface area contributed by atoms with Crippen molar-refractivity contribution in [3.8, 4) is 0 Å². The first-order chi connectivity index (χ1) is 18.7. The molecule has 0 bridgehead atoms. The van der Waals surface area contributed by atoms with E-state index < -0.39 is 21.5 Å². The summed E-state index contributed by atoms with van der Waals surface area (Å²) in [5, 5.41) is 8.94. The van der Waals surface area contributed by atoms with Crippen LogP contribution in [0, 0.1) is 0 Å². The van der Waals surface area contributed by atoms with E-state index in [-0.39, 0.29) is 16.7 Å². The SMILES string of the molecule is C[n+]1cccc2c1N=C(/C=C/C=C/C=C1\N(CCCCCC(=O)O)c3ccc(S(=O)(=O)[O-])cc3C1(C)C)C2(C)C. The van der Waals surface area contributed by atoms with Crippen molar-refractivity contribution in [3.05, 3.63) is 83.7 Å². The minimum Gasteiger partial charge on any atom is -0.744 e. The number of fused-ring (bicyclic) bond motifs is 2. The Bertz CT molecular complexity index is 1550. The Labute approximate surface area is 236 Å². The van der Waals surface area contributed by atoms with Gasteiger partial charge in [-0.1, -0.05) is 38.5 Å². The van der Waals surface area contributed by atoms with Gasteiger partial charge in [0.05, 0.1) is 29.1 Å². The van der Waals surface area contributed by atoms with Gasteiger partial charge in [-0.2, -0.15) is 0 Å². The Balaban J connectivity index is 1.59. The molecule has 1 aromatic heterocycles. The normalized spacial score (nSPS) is 18.5. The average Bonchev–Trinajstić information content (AvgIpc) is 3.25. The second-order valence-corrected chi connectivity index (χ2v) is 12.8. The highest BCUT2D eigenvalue weighted by atomic mass is 32.2. The van der Waals surface area contributed by atoms with E-state index in [0.29, 0.717) is 13.0 Å². The zero-order valence-electron chi connectivity index (χ0n) is 23.7. The monoisotopic (exact) mass is 563 g/mol. The van der Waals surface area contributed by atoms with Crippen LogP contribution in [0.25, 0.3) is 0 Å². The van der Waals surface area contributed by atoms with Crippen LogP contribution in [0.1, 0.15) is 64.5 Å². The van der Waals surface area contributed by atoms with Crippen LogP contribution in [-0.4, -0.2) is 36.3 Å². The van der Waals surface area contributed by atoms with E-state index in [1.807, 2.05) is 68.1 Å². The fourth-order valence-corrected chi connectivity index (χ4v) is 6.00. The van der Waals surface area contributed by atoms with Gasteiger partial charge in [0.1, 0.15) is 10.1 Å². The van der Waals surface area contributed by atoms with Crippen LogP contribution in [-0.2, 0) is 32.8 Å². The van der Waals surface area contributed by atoms with Crippen LogP contribution < -0.4 is 9.47 Å². The quantitative estimate of drug-likeness (QED) is 0.184. The molecule has 4 rings (SSSR count). The standard InChI is InChI=1S/C31H37N3O5S/c1-30(2)23-13-12-19-33(5)29(23)32-26(30)14-8-6-9-15-27-31(3,4)24-21-22(40(37,38)39)17-18-25(24)34(27)20-11-7-10-16-28(35)36/h6,8-9,12-15,17-19,21H,7,10-11,16,20H2,1-5H3,(H-,35,36,37,38,39). The van der Waals surface area contributed by atoms with Crippen molar-refractivity contribution >= 4 is 33.3 Å². The van der Waals surface area contributed by atoms with Gasteiger partial charge in [0.25, 0.3) is 0 Å². The Morgan fingerprint density at radius 1 is 1.05 bits per heavy atom. The smallest absolute Gasteiger partial charge is 0.327 e. The highest BCUT2D eigenvalue weighted by molar-refractivity contribution is 7.85. The van der Waals surface area contributed by atoms with Gasteiger partial charge >= 0.3 is 11.8 Å². The van der Waals surface area contributed by atoms with Gasteiger partial charge in [-0.3, -0.25) is 4.79 Å². The Morgan fingerprint density at radius 2 is 1.80 bits per heavy atom.